The molecule has 0 bridgehead atoms. The summed E-state index contributed by atoms with van der Waals surface area (Å²) in [4.78, 5) is 27.5. The molecule has 0 fully saturated rings. The van der Waals surface area contributed by atoms with E-state index in [2.05, 4.69) is 10.6 Å². The Morgan fingerprint density at radius 2 is 1.59 bits per heavy atom. The van der Waals surface area contributed by atoms with Gasteiger partial charge in [-0.15, -0.1) is 0 Å². The number of halogens is 1. The maximum Gasteiger partial charge on any atom is 0.255 e. The minimum atomic E-state index is -0.328. The van der Waals surface area contributed by atoms with E-state index in [0.717, 1.165) is 5.56 Å². The van der Waals surface area contributed by atoms with Crippen LogP contribution in [0.4, 0.5) is 10.1 Å². The number of rotatable bonds is 8. The summed E-state index contributed by atoms with van der Waals surface area (Å²) in [6, 6.07) is 19.6. The lowest BCUT2D eigenvalue weighted by atomic mass is 10.1. The number of likely N-dealkylation sites (N-methyl/N-ethyl adjacent to an activating group) is 1. The SMILES string of the molecule is COc1ccc(C(=O)Nc2ccccc2C(=O)NCC(c2ccc(F)cc2)N(C)C)cc1. The number of amides is 2. The molecule has 0 aliphatic carbocycles. The zero-order valence-corrected chi connectivity index (χ0v) is 18.3. The Balaban J connectivity index is 1.71. The fourth-order valence-corrected chi connectivity index (χ4v) is 3.30. The van der Waals surface area contributed by atoms with Crippen molar-refractivity contribution >= 4 is 17.5 Å². The Morgan fingerprint density at radius 1 is 0.938 bits per heavy atom. The van der Waals surface area contributed by atoms with Gasteiger partial charge < -0.3 is 20.3 Å². The van der Waals surface area contributed by atoms with Gasteiger partial charge in [0.2, 0.25) is 0 Å². The van der Waals surface area contributed by atoms with Crippen LogP contribution in [0, 0.1) is 5.82 Å². The summed E-state index contributed by atoms with van der Waals surface area (Å²) in [6.07, 6.45) is 0. The predicted molar refractivity (Wildman–Crippen MR) is 123 cm³/mol. The molecule has 0 aromatic heterocycles. The summed E-state index contributed by atoms with van der Waals surface area (Å²) in [6.45, 7) is 0.318. The first kappa shape index (κ1) is 23.0. The maximum atomic E-state index is 13.3. The number of nitrogens with one attached hydrogen (secondary N) is 2. The number of anilines is 1. The van der Waals surface area contributed by atoms with Crippen LogP contribution in [-0.2, 0) is 0 Å². The van der Waals surface area contributed by atoms with Crippen LogP contribution in [0.5, 0.6) is 5.75 Å². The topological polar surface area (TPSA) is 70.7 Å². The van der Waals surface area contributed by atoms with Crippen LogP contribution < -0.4 is 15.4 Å². The molecule has 2 N–H and O–H groups in total. The first-order valence-corrected chi connectivity index (χ1v) is 10.1. The van der Waals surface area contributed by atoms with Gasteiger partial charge in [-0.05, 0) is 68.2 Å². The third-order valence-electron chi connectivity index (χ3n) is 5.11. The van der Waals surface area contributed by atoms with Gasteiger partial charge in [0.25, 0.3) is 11.8 Å². The van der Waals surface area contributed by atoms with Crippen LogP contribution in [0.15, 0.2) is 72.8 Å². The van der Waals surface area contributed by atoms with E-state index in [0.29, 0.717) is 29.1 Å². The predicted octanol–water partition coefficient (Wildman–Crippen LogP) is 4.12. The second-order valence-corrected chi connectivity index (χ2v) is 7.47. The second kappa shape index (κ2) is 10.5. The van der Waals surface area contributed by atoms with Crippen LogP contribution in [0.25, 0.3) is 0 Å². The Kier molecular flexibility index (Phi) is 7.57. The zero-order chi connectivity index (χ0) is 23.1. The van der Waals surface area contributed by atoms with E-state index < -0.39 is 0 Å². The van der Waals surface area contributed by atoms with Crippen LogP contribution in [0.1, 0.15) is 32.3 Å². The molecular formula is C25H26FN3O3. The maximum absolute atomic E-state index is 13.3. The van der Waals surface area contributed by atoms with Gasteiger partial charge in [0.05, 0.1) is 24.4 Å². The Morgan fingerprint density at radius 3 is 2.22 bits per heavy atom. The van der Waals surface area contributed by atoms with Crippen molar-refractivity contribution in [1.29, 1.82) is 0 Å². The number of nitrogens with zero attached hydrogens (tertiary/aromatic N) is 1. The van der Waals surface area contributed by atoms with Crippen molar-refractivity contribution in [3.8, 4) is 5.75 Å². The minimum Gasteiger partial charge on any atom is -0.497 e. The number of hydrogen-bond acceptors (Lipinski definition) is 4. The quantitative estimate of drug-likeness (QED) is 0.559. The van der Waals surface area contributed by atoms with E-state index in [1.54, 1.807) is 67.8 Å². The lowest BCUT2D eigenvalue weighted by Gasteiger charge is -2.25. The van der Waals surface area contributed by atoms with E-state index in [4.69, 9.17) is 4.74 Å². The van der Waals surface area contributed by atoms with Gasteiger partial charge in [0.15, 0.2) is 0 Å². The number of methoxy groups -OCH3 is 1. The molecule has 7 heteroatoms. The molecule has 2 amide bonds. The smallest absolute Gasteiger partial charge is 0.255 e. The van der Waals surface area contributed by atoms with Gasteiger partial charge in [0.1, 0.15) is 11.6 Å². The molecule has 0 spiro atoms. The first-order chi connectivity index (χ1) is 15.4. The lowest BCUT2D eigenvalue weighted by Crippen LogP contribution is -2.35. The van der Waals surface area contributed by atoms with Crippen LogP contribution in [-0.4, -0.2) is 44.5 Å². The molecule has 32 heavy (non-hydrogen) atoms. The molecule has 3 aromatic carbocycles. The van der Waals surface area contributed by atoms with Gasteiger partial charge in [-0.3, -0.25) is 9.59 Å². The highest BCUT2D eigenvalue weighted by atomic mass is 19.1. The molecule has 1 unspecified atom stereocenters. The normalized spacial score (nSPS) is 11.7. The highest BCUT2D eigenvalue weighted by molar-refractivity contribution is 6.09. The summed E-state index contributed by atoms with van der Waals surface area (Å²) in [5.41, 5.74) is 2.10. The standard InChI is InChI=1S/C25H26FN3O3/c1-29(2)23(17-8-12-19(26)13-9-17)16-27-25(31)21-6-4-5-7-22(21)28-24(30)18-10-14-20(32-3)15-11-18/h4-15,23H,16H2,1-3H3,(H,27,31)(H,28,30). The van der Waals surface area contributed by atoms with Crippen molar-refractivity contribution in [2.45, 2.75) is 6.04 Å². The summed E-state index contributed by atoms with van der Waals surface area (Å²) < 4.78 is 18.4. The lowest BCUT2D eigenvalue weighted by molar-refractivity contribution is 0.0942. The largest absolute Gasteiger partial charge is 0.497 e. The van der Waals surface area contributed by atoms with E-state index in [1.165, 1.54) is 12.1 Å². The van der Waals surface area contributed by atoms with Gasteiger partial charge in [-0.25, -0.2) is 4.39 Å². The van der Waals surface area contributed by atoms with Gasteiger partial charge in [0, 0.05) is 12.1 Å². The van der Waals surface area contributed by atoms with Crippen molar-refractivity contribution < 1.29 is 18.7 Å². The van der Waals surface area contributed by atoms with Crippen molar-refractivity contribution in [3.63, 3.8) is 0 Å². The number of hydrogen-bond donors (Lipinski definition) is 2. The number of benzene rings is 3. The molecule has 3 rings (SSSR count). The molecule has 0 aliphatic heterocycles. The van der Waals surface area contributed by atoms with Crippen LogP contribution in [0.2, 0.25) is 0 Å². The van der Waals surface area contributed by atoms with Crippen molar-refractivity contribution in [2.75, 3.05) is 33.1 Å². The Labute approximate surface area is 187 Å². The van der Waals surface area contributed by atoms with E-state index in [1.807, 2.05) is 19.0 Å². The highest BCUT2D eigenvalue weighted by Crippen LogP contribution is 2.20. The molecule has 166 valence electrons. The Bertz CT molecular complexity index is 1070. The minimum absolute atomic E-state index is 0.138. The van der Waals surface area contributed by atoms with Crippen LogP contribution in [0.3, 0.4) is 0 Å². The first-order valence-electron chi connectivity index (χ1n) is 10.1. The van der Waals surface area contributed by atoms with Crippen molar-refractivity contribution in [2.24, 2.45) is 0 Å². The summed E-state index contributed by atoms with van der Waals surface area (Å²) in [5.74, 6) is -0.301. The molecule has 3 aromatic rings. The van der Waals surface area contributed by atoms with Crippen molar-refractivity contribution in [1.82, 2.24) is 10.2 Å². The second-order valence-electron chi connectivity index (χ2n) is 7.47. The molecule has 6 nitrogen and oxygen atoms in total. The summed E-state index contributed by atoms with van der Waals surface area (Å²) in [7, 11) is 5.34. The molecule has 0 heterocycles. The average molecular weight is 435 g/mol. The molecule has 0 saturated carbocycles. The van der Waals surface area contributed by atoms with Crippen molar-refractivity contribution in [3.05, 3.63) is 95.3 Å². The zero-order valence-electron chi connectivity index (χ0n) is 18.3. The average Bonchev–Trinajstić information content (AvgIpc) is 2.80. The molecule has 1 atom stereocenters. The number of carbonyl (C=O) groups is 2. The number of ether oxygens (including phenoxy) is 1. The van der Waals surface area contributed by atoms with E-state index >= 15 is 0 Å². The number of carbonyl (C=O) groups excluding carboxylic acids is 2. The van der Waals surface area contributed by atoms with Crippen LogP contribution >= 0.6 is 0 Å². The number of para-hydroxylation sites is 1. The molecule has 0 saturated heterocycles. The van der Waals surface area contributed by atoms with Gasteiger partial charge in [-0.1, -0.05) is 24.3 Å². The Hall–Kier alpha value is -3.71. The van der Waals surface area contributed by atoms with E-state index in [-0.39, 0.29) is 23.7 Å². The summed E-state index contributed by atoms with van der Waals surface area (Å²) >= 11 is 0. The highest BCUT2D eigenvalue weighted by Gasteiger charge is 2.18. The van der Waals surface area contributed by atoms with Gasteiger partial charge >= 0.3 is 0 Å². The molecule has 0 radical (unpaired) electrons. The fraction of sp³-hybridized carbons (Fsp3) is 0.200. The molecule has 0 aliphatic rings. The third-order valence-corrected chi connectivity index (χ3v) is 5.11. The van der Waals surface area contributed by atoms with E-state index in [9.17, 15) is 14.0 Å². The monoisotopic (exact) mass is 435 g/mol. The van der Waals surface area contributed by atoms with Gasteiger partial charge in [-0.2, -0.15) is 0 Å². The molecular weight excluding hydrogens is 409 g/mol. The fourth-order valence-electron chi connectivity index (χ4n) is 3.30. The third kappa shape index (κ3) is 5.70. The summed E-state index contributed by atoms with van der Waals surface area (Å²) in [5, 5.41) is 5.72.